The summed E-state index contributed by atoms with van der Waals surface area (Å²) in [6.07, 6.45) is 1.87. The number of primary amides is 1. The van der Waals surface area contributed by atoms with Crippen molar-refractivity contribution in [3.63, 3.8) is 0 Å². The average Bonchev–Trinajstić information content (AvgIpc) is 2.95. The van der Waals surface area contributed by atoms with Crippen molar-refractivity contribution in [2.24, 2.45) is 5.73 Å². The Balaban J connectivity index is 1.96. The van der Waals surface area contributed by atoms with Crippen molar-refractivity contribution in [1.82, 2.24) is 4.98 Å². The van der Waals surface area contributed by atoms with Gasteiger partial charge >= 0.3 is 6.09 Å². The van der Waals surface area contributed by atoms with Gasteiger partial charge in [0.2, 0.25) is 0 Å². The molecule has 7 heteroatoms. The van der Waals surface area contributed by atoms with Crippen LogP contribution in [0.3, 0.4) is 0 Å². The van der Waals surface area contributed by atoms with Crippen LogP contribution >= 0.6 is 27.3 Å². The number of carbonyl (C=O) groups is 1. The number of nitrogens with two attached hydrogens (primary N) is 1. The van der Waals surface area contributed by atoms with E-state index < -0.39 is 6.09 Å². The average molecular weight is 371 g/mol. The van der Waals surface area contributed by atoms with Gasteiger partial charge in [-0.1, -0.05) is 15.9 Å². The summed E-state index contributed by atoms with van der Waals surface area (Å²) in [6, 6.07) is 7.76. The molecule has 1 aromatic carbocycles. The highest BCUT2D eigenvalue weighted by Gasteiger charge is 2.06. The van der Waals surface area contributed by atoms with Gasteiger partial charge < -0.3 is 15.2 Å². The molecule has 1 heterocycles. The zero-order valence-corrected chi connectivity index (χ0v) is 13.7. The largest absolute Gasteiger partial charge is 0.494 e. The van der Waals surface area contributed by atoms with E-state index in [1.54, 1.807) is 6.20 Å². The first-order valence-electron chi connectivity index (χ1n) is 6.35. The number of aromatic nitrogens is 1. The number of amides is 1. The lowest BCUT2D eigenvalue weighted by molar-refractivity contribution is 0.151. The highest BCUT2D eigenvalue weighted by molar-refractivity contribution is 9.09. The quantitative estimate of drug-likeness (QED) is 0.597. The van der Waals surface area contributed by atoms with Gasteiger partial charge in [-0.15, -0.1) is 11.3 Å². The summed E-state index contributed by atoms with van der Waals surface area (Å²) >= 11 is 4.83. The summed E-state index contributed by atoms with van der Waals surface area (Å²) in [6.45, 7) is 0.844. The normalized spacial score (nSPS) is 10.3. The Morgan fingerprint density at radius 1 is 1.33 bits per heavy atom. The minimum Gasteiger partial charge on any atom is -0.494 e. The fourth-order valence-electron chi connectivity index (χ4n) is 1.59. The maximum atomic E-state index is 10.6. The molecule has 0 unspecified atom stereocenters. The topological polar surface area (TPSA) is 74.4 Å². The van der Waals surface area contributed by atoms with Gasteiger partial charge in [0.05, 0.1) is 11.5 Å². The second-order valence-electron chi connectivity index (χ2n) is 4.15. The Morgan fingerprint density at radius 2 is 2.10 bits per heavy atom. The number of alkyl halides is 1. The van der Waals surface area contributed by atoms with Crippen LogP contribution in [0.2, 0.25) is 0 Å². The van der Waals surface area contributed by atoms with Crippen molar-refractivity contribution in [2.45, 2.75) is 13.0 Å². The summed E-state index contributed by atoms with van der Waals surface area (Å²) in [5, 5.41) is 1.80. The van der Waals surface area contributed by atoms with Gasteiger partial charge in [-0.2, -0.15) is 0 Å². The highest BCUT2D eigenvalue weighted by atomic mass is 79.9. The SMILES string of the molecule is NC(=O)OCc1cnc(-c2ccc(OCCCBr)cc2)s1. The zero-order valence-electron chi connectivity index (χ0n) is 11.3. The van der Waals surface area contributed by atoms with E-state index in [9.17, 15) is 4.79 Å². The molecule has 0 spiro atoms. The van der Waals surface area contributed by atoms with Gasteiger partial charge in [-0.25, -0.2) is 9.78 Å². The monoisotopic (exact) mass is 370 g/mol. The number of halogens is 1. The molecule has 2 N–H and O–H groups in total. The van der Waals surface area contributed by atoms with E-state index in [4.69, 9.17) is 15.2 Å². The molecule has 112 valence electrons. The van der Waals surface area contributed by atoms with Gasteiger partial charge in [-0.05, 0) is 30.7 Å². The number of ether oxygens (including phenoxy) is 2. The summed E-state index contributed by atoms with van der Waals surface area (Å²) in [7, 11) is 0. The van der Waals surface area contributed by atoms with E-state index in [1.165, 1.54) is 11.3 Å². The molecule has 2 rings (SSSR count). The number of nitrogens with zero attached hydrogens (tertiary/aromatic N) is 1. The number of thiazole rings is 1. The van der Waals surface area contributed by atoms with Crippen LogP contribution in [0.5, 0.6) is 5.75 Å². The van der Waals surface area contributed by atoms with Crippen molar-refractivity contribution in [3.05, 3.63) is 35.3 Å². The molecule has 21 heavy (non-hydrogen) atoms. The molecule has 0 saturated carbocycles. The number of hydrogen-bond donors (Lipinski definition) is 1. The second kappa shape index (κ2) is 7.99. The number of carbonyl (C=O) groups excluding carboxylic acids is 1. The van der Waals surface area contributed by atoms with Crippen LogP contribution < -0.4 is 10.5 Å². The minimum atomic E-state index is -0.782. The first-order chi connectivity index (χ1) is 10.2. The predicted molar refractivity (Wildman–Crippen MR) is 85.8 cm³/mol. The lowest BCUT2D eigenvalue weighted by atomic mass is 10.2. The first kappa shape index (κ1) is 15.8. The number of hydrogen-bond acceptors (Lipinski definition) is 5. The molecule has 2 aromatic rings. The van der Waals surface area contributed by atoms with Crippen LogP contribution in [0, 0.1) is 0 Å². The van der Waals surface area contributed by atoms with Crippen LogP contribution in [0.1, 0.15) is 11.3 Å². The van der Waals surface area contributed by atoms with E-state index in [0.29, 0.717) is 6.61 Å². The third-order valence-corrected chi connectivity index (χ3v) is 4.14. The number of benzene rings is 1. The fourth-order valence-corrected chi connectivity index (χ4v) is 2.65. The fraction of sp³-hybridized carbons (Fsp3) is 0.286. The smallest absolute Gasteiger partial charge is 0.404 e. The van der Waals surface area contributed by atoms with Crippen molar-refractivity contribution < 1.29 is 14.3 Å². The molecule has 0 radical (unpaired) electrons. The molecule has 0 atom stereocenters. The molecule has 0 aliphatic heterocycles. The van der Waals surface area contributed by atoms with Crippen LogP contribution in [0.25, 0.3) is 10.6 Å². The Morgan fingerprint density at radius 3 is 2.76 bits per heavy atom. The van der Waals surface area contributed by atoms with Gasteiger partial charge in [0.1, 0.15) is 17.4 Å². The molecule has 0 saturated heterocycles. The predicted octanol–water partition coefficient (Wildman–Crippen LogP) is 3.57. The molecule has 0 bridgehead atoms. The van der Waals surface area contributed by atoms with E-state index in [1.807, 2.05) is 24.3 Å². The molecular weight excluding hydrogens is 356 g/mol. The van der Waals surface area contributed by atoms with Gasteiger partial charge in [0.15, 0.2) is 0 Å². The van der Waals surface area contributed by atoms with Crippen LogP contribution in [0.15, 0.2) is 30.5 Å². The lowest BCUT2D eigenvalue weighted by Crippen LogP contribution is -2.12. The second-order valence-corrected chi connectivity index (χ2v) is 6.06. The van der Waals surface area contributed by atoms with Crippen molar-refractivity contribution in [3.8, 4) is 16.3 Å². The van der Waals surface area contributed by atoms with E-state index in [0.717, 1.165) is 32.9 Å². The summed E-state index contributed by atoms with van der Waals surface area (Å²) in [5.74, 6) is 0.841. The van der Waals surface area contributed by atoms with Crippen LogP contribution in [0.4, 0.5) is 4.79 Å². The van der Waals surface area contributed by atoms with Crippen molar-refractivity contribution in [2.75, 3.05) is 11.9 Å². The third-order valence-electron chi connectivity index (χ3n) is 2.56. The maximum Gasteiger partial charge on any atom is 0.404 e. The maximum absolute atomic E-state index is 10.6. The van der Waals surface area contributed by atoms with Crippen molar-refractivity contribution >= 4 is 33.4 Å². The van der Waals surface area contributed by atoms with Gasteiger partial charge in [0.25, 0.3) is 0 Å². The van der Waals surface area contributed by atoms with E-state index in [2.05, 4.69) is 20.9 Å². The Labute approximate surface area is 135 Å². The highest BCUT2D eigenvalue weighted by Crippen LogP contribution is 2.27. The summed E-state index contributed by atoms with van der Waals surface area (Å²) in [4.78, 5) is 15.7. The molecule has 5 nitrogen and oxygen atoms in total. The molecule has 1 aromatic heterocycles. The molecule has 0 aliphatic carbocycles. The third kappa shape index (κ3) is 5.02. The molecule has 0 fully saturated rings. The molecular formula is C14H15BrN2O3S. The summed E-state index contributed by atoms with van der Waals surface area (Å²) in [5.41, 5.74) is 5.93. The molecule has 1 amide bonds. The standard InChI is InChI=1S/C14H15BrN2O3S/c15-6-1-7-19-11-4-2-10(3-5-11)13-17-8-12(21-13)9-20-14(16)18/h2-5,8H,1,6-7,9H2,(H2,16,18). The van der Waals surface area contributed by atoms with Crippen LogP contribution in [-0.4, -0.2) is 23.0 Å². The lowest BCUT2D eigenvalue weighted by Gasteiger charge is -2.05. The van der Waals surface area contributed by atoms with Gasteiger partial charge in [-0.3, -0.25) is 0 Å². The minimum absolute atomic E-state index is 0.154. The molecule has 0 aliphatic rings. The Bertz CT molecular complexity index is 586. The van der Waals surface area contributed by atoms with Gasteiger partial charge in [0, 0.05) is 17.1 Å². The van der Waals surface area contributed by atoms with E-state index >= 15 is 0 Å². The van der Waals surface area contributed by atoms with Crippen molar-refractivity contribution in [1.29, 1.82) is 0 Å². The Hall–Kier alpha value is -1.60. The number of rotatable bonds is 7. The zero-order chi connectivity index (χ0) is 15.1. The summed E-state index contributed by atoms with van der Waals surface area (Å²) < 4.78 is 10.3. The van der Waals surface area contributed by atoms with Crippen LogP contribution in [-0.2, 0) is 11.3 Å². The Kier molecular flexibility index (Phi) is 6.01. The first-order valence-corrected chi connectivity index (χ1v) is 8.29. The van der Waals surface area contributed by atoms with E-state index in [-0.39, 0.29) is 6.61 Å².